The molecule has 1 aromatic carbocycles. The number of ether oxygens (including phenoxy) is 1. The minimum absolute atomic E-state index is 0.270. The van der Waals surface area contributed by atoms with Gasteiger partial charge in [0, 0.05) is 26.6 Å². The van der Waals surface area contributed by atoms with Gasteiger partial charge in [-0.15, -0.1) is 0 Å². The molecule has 3 nitrogen and oxygen atoms in total. The first-order chi connectivity index (χ1) is 9.10. The van der Waals surface area contributed by atoms with Crippen LogP contribution in [0.3, 0.4) is 0 Å². The van der Waals surface area contributed by atoms with Crippen molar-refractivity contribution in [2.75, 3.05) is 26.8 Å². The van der Waals surface area contributed by atoms with E-state index in [9.17, 15) is 4.79 Å². The molecule has 3 heteroatoms. The van der Waals surface area contributed by atoms with E-state index < -0.39 is 0 Å². The molecule has 1 fully saturated rings. The van der Waals surface area contributed by atoms with Gasteiger partial charge in [0.25, 0.3) is 0 Å². The number of carbonyl (C=O) groups excluding carboxylic acids is 1. The van der Waals surface area contributed by atoms with Gasteiger partial charge in [-0.25, -0.2) is 0 Å². The molecule has 0 radical (unpaired) electrons. The number of carbonyl (C=O) groups is 1. The minimum atomic E-state index is 0.270. The normalized spacial score (nSPS) is 19.2. The fourth-order valence-corrected chi connectivity index (χ4v) is 2.79. The predicted octanol–water partition coefficient (Wildman–Crippen LogP) is 2.34. The zero-order valence-electron chi connectivity index (χ0n) is 12.1. The van der Waals surface area contributed by atoms with E-state index in [0.29, 0.717) is 18.9 Å². The lowest BCUT2D eigenvalue weighted by molar-refractivity contribution is -0.128. The lowest BCUT2D eigenvalue weighted by Gasteiger charge is -2.16. The molecule has 1 heterocycles. The standard InChI is InChI=1S/C16H23NO2/c1-12-4-5-15(13(2)8-12)9-14-10-16(18)17(11-14)6-7-19-3/h4-5,8,14H,6-7,9-11H2,1-3H3/t14-/m1/s1. The van der Waals surface area contributed by atoms with Crippen molar-refractivity contribution in [2.24, 2.45) is 5.92 Å². The molecule has 1 aliphatic heterocycles. The van der Waals surface area contributed by atoms with Crippen LogP contribution < -0.4 is 0 Å². The Balaban J connectivity index is 1.95. The molecule has 0 unspecified atom stereocenters. The molecule has 104 valence electrons. The molecule has 2 rings (SSSR count). The maximum atomic E-state index is 11.9. The van der Waals surface area contributed by atoms with Gasteiger partial charge in [-0.05, 0) is 37.3 Å². The summed E-state index contributed by atoms with van der Waals surface area (Å²) in [6.45, 7) is 6.49. The fourth-order valence-electron chi connectivity index (χ4n) is 2.79. The van der Waals surface area contributed by atoms with Gasteiger partial charge >= 0.3 is 0 Å². The number of methoxy groups -OCH3 is 1. The Kier molecular flexibility index (Phi) is 4.59. The number of nitrogens with zero attached hydrogens (tertiary/aromatic N) is 1. The summed E-state index contributed by atoms with van der Waals surface area (Å²) >= 11 is 0. The molecule has 19 heavy (non-hydrogen) atoms. The van der Waals surface area contributed by atoms with E-state index in [1.165, 1.54) is 16.7 Å². The lowest BCUT2D eigenvalue weighted by atomic mass is 9.94. The van der Waals surface area contributed by atoms with Crippen LogP contribution in [0.2, 0.25) is 0 Å². The van der Waals surface area contributed by atoms with Gasteiger partial charge in [0.2, 0.25) is 5.91 Å². The first kappa shape index (κ1) is 14.1. The number of likely N-dealkylation sites (tertiary alicyclic amines) is 1. The summed E-state index contributed by atoms with van der Waals surface area (Å²) in [6.07, 6.45) is 1.68. The highest BCUT2D eigenvalue weighted by atomic mass is 16.5. The van der Waals surface area contributed by atoms with E-state index in [-0.39, 0.29) is 5.91 Å². The molecule has 1 amide bonds. The number of rotatable bonds is 5. The van der Waals surface area contributed by atoms with Crippen LogP contribution in [0.5, 0.6) is 0 Å². The summed E-state index contributed by atoms with van der Waals surface area (Å²) in [4.78, 5) is 13.8. The van der Waals surface area contributed by atoms with Crippen molar-refractivity contribution in [3.63, 3.8) is 0 Å². The number of hydrogen-bond donors (Lipinski definition) is 0. The van der Waals surface area contributed by atoms with Gasteiger partial charge in [-0.2, -0.15) is 0 Å². The van der Waals surface area contributed by atoms with Gasteiger partial charge in [0.1, 0.15) is 0 Å². The average molecular weight is 261 g/mol. The van der Waals surface area contributed by atoms with Crippen molar-refractivity contribution in [1.82, 2.24) is 4.90 Å². The van der Waals surface area contributed by atoms with Gasteiger partial charge in [0.15, 0.2) is 0 Å². The maximum absolute atomic E-state index is 11.9. The van der Waals surface area contributed by atoms with E-state index in [0.717, 1.165) is 19.5 Å². The third-order valence-electron chi connectivity index (χ3n) is 3.87. The molecular weight excluding hydrogens is 238 g/mol. The van der Waals surface area contributed by atoms with E-state index in [4.69, 9.17) is 4.74 Å². The summed E-state index contributed by atoms with van der Waals surface area (Å²) in [7, 11) is 1.67. The Morgan fingerprint density at radius 2 is 2.16 bits per heavy atom. The van der Waals surface area contributed by atoms with Crippen LogP contribution in [0.4, 0.5) is 0 Å². The van der Waals surface area contributed by atoms with Crippen LogP contribution in [0.25, 0.3) is 0 Å². The highest BCUT2D eigenvalue weighted by Gasteiger charge is 2.29. The van der Waals surface area contributed by atoms with Crippen molar-refractivity contribution >= 4 is 5.91 Å². The summed E-state index contributed by atoms with van der Waals surface area (Å²) in [6, 6.07) is 6.57. The van der Waals surface area contributed by atoms with Crippen LogP contribution in [0.1, 0.15) is 23.1 Å². The Hall–Kier alpha value is -1.35. The Labute approximate surface area is 115 Å². The van der Waals surface area contributed by atoms with Gasteiger partial charge < -0.3 is 9.64 Å². The summed E-state index contributed by atoms with van der Waals surface area (Å²) in [5.41, 5.74) is 4.00. The SMILES string of the molecule is COCCN1C[C@H](Cc2ccc(C)cc2C)CC1=O. The fraction of sp³-hybridized carbons (Fsp3) is 0.562. The second-order valence-electron chi connectivity index (χ2n) is 5.54. The van der Waals surface area contributed by atoms with Crippen molar-refractivity contribution in [1.29, 1.82) is 0 Å². The molecular formula is C16H23NO2. The summed E-state index contributed by atoms with van der Waals surface area (Å²) in [5, 5.41) is 0. The van der Waals surface area contributed by atoms with E-state index >= 15 is 0 Å². The van der Waals surface area contributed by atoms with E-state index in [1.54, 1.807) is 7.11 Å². The molecule has 1 aromatic rings. The quantitative estimate of drug-likeness (QED) is 0.814. The molecule has 0 N–H and O–H groups in total. The van der Waals surface area contributed by atoms with E-state index in [1.807, 2.05) is 4.90 Å². The number of amides is 1. The topological polar surface area (TPSA) is 29.5 Å². The average Bonchev–Trinajstić information content (AvgIpc) is 2.71. The zero-order chi connectivity index (χ0) is 13.8. The van der Waals surface area contributed by atoms with Gasteiger partial charge in [-0.1, -0.05) is 23.8 Å². The molecule has 1 saturated heterocycles. The number of benzene rings is 1. The number of aryl methyl sites for hydroxylation is 2. The van der Waals surface area contributed by atoms with Crippen LogP contribution in [0.15, 0.2) is 18.2 Å². The van der Waals surface area contributed by atoms with E-state index in [2.05, 4.69) is 32.0 Å². The second kappa shape index (κ2) is 6.20. The van der Waals surface area contributed by atoms with Crippen molar-refractivity contribution < 1.29 is 9.53 Å². The molecule has 0 aliphatic carbocycles. The van der Waals surface area contributed by atoms with Crippen LogP contribution in [-0.4, -0.2) is 37.6 Å². The summed E-state index contributed by atoms with van der Waals surface area (Å²) < 4.78 is 5.04. The Bertz CT molecular complexity index is 456. The minimum Gasteiger partial charge on any atom is -0.383 e. The van der Waals surface area contributed by atoms with Crippen molar-refractivity contribution in [3.05, 3.63) is 34.9 Å². The summed E-state index contributed by atoms with van der Waals surface area (Å²) in [5.74, 6) is 0.720. The first-order valence-electron chi connectivity index (χ1n) is 6.93. The predicted molar refractivity (Wildman–Crippen MR) is 76.2 cm³/mol. The largest absolute Gasteiger partial charge is 0.383 e. The van der Waals surface area contributed by atoms with Crippen molar-refractivity contribution in [2.45, 2.75) is 26.7 Å². The molecule has 0 bridgehead atoms. The zero-order valence-corrected chi connectivity index (χ0v) is 12.1. The van der Waals surface area contributed by atoms with Crippen LogP contribution >= 0.6 is 0 Å². The van der Waals surface area contributed by atoms with Gasteiger partial charge in [-0.3, -0.25) is 4.79 Å². The Morgan fingerprint density at radius 3 is 2.84 bits per heavy atom. The lowest BCUT2D eigenvalue weighted by Crippen LogP contribution is -2.28. The monoisotopic (exact) mass is 261 g/mol. The third-order valence-corrected chi connectivity index (χ3v) is 3.87. The molecule has 1 aliphatic rings. The van der Waals surface area contributed by atoms with Gasteiger partial charge in [0.05, 0.1) is 6.61 Å². The second-order valence-corrected chi connectivity index (χ2v) is 5.54. The molecule has 1 atom stereocenters. The smallest absolute Gasteiger partial charge is 0.223 e. The third kappa shape index (κ3) is 3.57. The number of hydrogen-bond acceptors (Lipinski definition) is 2. The van der Waals surface area contributed by atoms with Crippen molar-refractivity contribution in [3.8, 4) is 0 Å². The highest BCUT2D eigenvalue weighted by molar-refractivity contribution is 5.78. The molecule has 0 aromatic heterocycles. The van der Waals surface area contributed by atoms with Crippen LogP contribution in [-0.2, 0) is 16.0 Å². The molecule has 0 saturated carbocycles. The first-order valence-corrected chi connectivity index (χ1v) is 6.93. The molecule has 0 spiro atoms. The van der Waals surface area contributed by atoms with Crippen LogP contribution in [0, 0.1) is 19.8 Å². The highest BCUT2D eigenvalue weighted by Crippen LogP contribution is 2.23. The maximum Gasteiger partial charge on any atom is 0.223 e. The Morgan fingerprint density at radius 1 is 1.37 bits per heavy atom.